The second kappa shape index (κ2) is 12.1. The van der Waals surface area contributed by atoms with Crippen molar-refractivity contribution in [2.24, 2.45) is 5.92 Å². The summed E-state index contributed by atoms with van der Waals surface area (Å²) in [5, 5.41) is 3.71. The fraction of sp³-hybridized carbons (Fsp3) is 0.500. The summed E-state index contributed by atoms with van der Waals surface area (Å²) in [5.74, 6) is -0.451. The number of benzene rings is 2. The topological polar surface area (TPSA) is 69.7 Å². The van der Waals surface area contributed by atoms with Crippen LogP contribution in [0.3, 0.4) is 0 Å². The van der Waals surface area contributed by atoms with Crippen molar-refractivity contribution in [3.63, 3.8) is 0 Å². The standard InChI is InChI=1S/C26H33Cl2N3O3S/c27-24-5-4-6-25(28)23(24)19-35(33,34)31-15-11-22(12-16-31)26(32)29-17-20-7-9-21(10-8-20)18-30-13-2-1-3-14-30/h4-10,22H,1-3,11-19H2,(H,29,32). The van der Waals surface area contributed by atoms with E-state index in [-0.39, 0.29) is 17.6 Å². The first-order valence-electron chi connectivity index (χ1n) is 12.3. The Balaban J connectivity index is 1.23. The third-order valence-electron chi connectivity index (χ3n) is 6.95. The quantitative estimate of drug-likeness (QED) is 0.523. The first-order chi connectivity index (χ1) is 16.8. The zero-order valence-corrected chi connectivity index (χ0v) is 22.2. The largest absolute Gasteiger partial charge is 0.352 e. The van der Waals surface area contributed by atoms with Gasteiger partial charge in [0.05, 0.1) is 5.75 Å². The Morgan fingerprint density at radius 2 is 1.49 bits per heavy atom. The molecular formula is C26H33Cl2N3O3S. The summed E-state index contributed by atoms with van der Waals surface area (Å²) in [4.78, 5) is 15.2. The molecule has 4 rings (SSSR count). The van der Waals surface area contributed by atoms with Gasteiger partial charge in [0.15, 0.2) is 0 Å². The molecule has 0 spiro atoms. The van der Waals surface area contributed by atoms with E-state index in [2.05, 4.69) is 34.5 Å². The maximum absolute atomic E-state index is 12.9. The molecule has 9 heteroatoms. The predicted molar refractivity (Wildman–Crippen MR) is 141 cm³/mol. The molecule has 2 aliphatic rings. The summed E-state index contributed by atoms with van der Waals surface area (Å²) < 4.78 is 27.3. The highest BCUT2D eigenvalue weighted by Crippen LogP contribution is 2.29. The van der Waals surface area contributed by atoms with Crippen molar-refractivity contribution in [2.75, 3.05) is 26.2 Å². The van der Waals surface area contributed by atoms with Crippen molar-refractivity contribution < 1.29 is 13.2 Å². The molecule has 0 atom stereocenters. The number of carbonyl (C=O) groups is 1. The van der Waals surface area contributed by atoms with Crippen LogP contribution >= 0.6 is 23.2 Å². The van der Waals surface area contributed by atoms with E-state index in [9.17, 15) is 13.2 Å². The lowest BCUT2D eigenvalue weighted by atomic mass is 9.97. The molecule has 1 amide bonds. The maximum Gasteiger partial charge on any atom is 0.223 e. The number of nitrogens with one attached hydrogen (secondary N) is 1. The normalized spacial score (nSPS) is 18.5. The third-order valence-corrected chi connectivity index (χ3v) is 9.46. The first-order valence-corrected chi connectivity index (χ1v) is 14.7. The number of likely N-dealkylation sites (tertiary alicyclic amines) is 1. The molecule has 0 radical (unpaired) electrons. The first kappa shape index (κ1) is 26.4. The van der Waals surface area contributed by atoms with Gasteiger partial charge >= 0.3 is 0 Å². The lowest BCUT2D eigenvalue weighted by molar-refractivity contribution is -0.126. The van der Waals surface area contributed by atoms with Crippen molar-refractivity contribution >= 4 is 39.1 Å². The number of halogens is 2. The SMILES string of the molecule is O=C(NCc1ccc(CN2CCCCC2)cc1)C1CCN(S(=O)(=O)Cc2c(Cl)cccc2Cl)CC1. The van der Waals surface area contributed by atoms with E-state index in [1.54, 1.807) is 18.2 Å². The molecule has 6 nitrogen and oxygen atoms in total. The Labute approximate surface area is 218 Å². The summed E-state index contributed by atoms with van der Waals surface area (Å²) in [6.45, 7) is 4.43. The number of nitrogens with zero attached hydrogens (tertiary/aromatic N) is 2. The third kappa shape index (κ3) is 7.20. The summed E-state index contributed by atoms with van der Waals surface area (Å²) in [6.07, 6.45) is 4.89. The Bertz CT molecular complexity index is 1090. The molecule has 0 bridgehead atoms. The van der Waals surface area contributed by atoms with E-state index >= 15 is 0 Å². The van der Waals surface area contributed by atoms with Crippen LogP contribution in [0.2, 0.25) is 10.0 Å². The number of rotatable bonds is 8. The number of hydrogen-bond acceptors (Lipinski definition) is 4. The molecule has 190 valence electrons. The molecule has 1 N–H and O–H groups in total. The van der Waals surface area contributed by atoms with Crippen molar-refractivity contribution in [3.05, 3.63) is 69.2 Å². The summed E-state index contributed by atoms with van der Waals surface area (Å²) in [6, 6.07) is 13.4. The highest BCUT2D eigenvalue weighted by atomic mass is 35.5. The highest BCUT2D eigenvalue weighted by Gasteiger charge is 2.32. The molecule has 0 saturated carbocycles. The van der Waals surface area contributed by atoms with Gasteiger partial charge in [-0.15, -0.1) is 0 Å². The van der Waals surface area contributed by atoms with E-state index in [0.29, 0.717) is 48.1 Å². The van der Waals surface area contributed by atoms with Gasteiger partial charge in [-0.3, -0.25) is 9.69 Å². The number of piperidine rings is 2. The van der Waals surface area contributed by atoms with Crippen LogP contribution in [0, 0.1) is 5.92 Å². The van der Waals surface area contributed by atoms with Gasteiger partial charge in [0, 0.05) is 47.7 Å². The second-order valence-corrected chi connectivity index (χ2v) is 12.3. The molecule has 0 unspecified atom stereocenters. The maximum atomic E-state index is 12.9. The van der Waals surface area contributed by atoms with E-state index in [0.717, 1.165) is 12.1 Å². The Hall–Kier alpha value is -1.64. The van der Waals surface area contributed by atoms with Crippen LogP contribution in [-0.2, 0) is 33.7 Å². The lowest BCUT2D eigenvalue weighted by Crippen LogP contribution is -2.43. The van der Waals surface area contributed by atoms with Gasteiger partial charge < -0.3 is 5.32 Å². The predicted octanol–water partition coefficient (Wildman–Crippen LogP) is 4.84. The van der Waals surface area contributed by atoms with Crippen molar-refractivity contribution in [1.29, 1.82) is 0 Å². The minimum atomic E-state index is -3.57. The van der Waals surface area contributed by atoms with Crippen LogP contribution < -0.4 is 5.32 Å². The molecule has 2 saturated heterocycles. The van der Waals surface area contributed by atoms with Gasteiger partial charge in [-0.1, -0.05) is 60.0 Å². The number of carbonyl (C=O) groups excluding carboxylic acids is 1. The fourth-order valence-corrected chi connectivity index (χ4v) is 7.13. The average molecular weight is 539 g/mol. The molecule has 2 aliphatic heterocycles. The van der Waals surface area contributed by atoms with Gasteiger partial charge in [0.2, 0.25) is 15.9 Å². The van der Waals surface area contributed by atoms with Crippen LogP contribution in [0.5, 0.6) is 0 Å². The summed E-state index contributed by atoms with van der Waals surface area (Å²) in [7, 11) is -3.57. The smallest absolute Gasteiger partial charge is 0.223 e. The fourth-order valence-electron chi connectivity index (χ4n) is 4.81. The Morgan fingerprint density at radius 1 is 0.886 bits per heavy atom. The van der Waals surface area contributed by atoms with E-state index in [1.165, 1.54) is 42.2 Å². The molecule has 2 aromatic rings. The molecular weight excluding hydrogens is 505 g/mol. The molecule has 2 fully saturated rings. The van der Waals surface area contributed by atoms with Crippen LogP contribution in [0.15, 0.2) is 42.5 Å². The van der Waals surface area contributed by atoms with Crippen molar-refractivity contribution in [3.8, 4) is 0 Å². The second-order valence-electron chi connectivity index (χ2n) is 9.50. The molecule has 0 aromatic heterocycles. The van der Waals surface area contributed by atoms with Crippen LogP contribution in [0.25, 0.3) is 0 Å². The number of amides is 1. The molecule has 0 aliphatic carbocycles. The van der Waals surface area contributed by atoms with Gasteiger partial charge in [0.25, 0.3) is 0 Å². The monoisotopic (exact) mass is 537 g/mol. The van der Waals surface area contributed by atoms with Crippen molar-refractivity contribution in [1.82, 2.24) is 14.5 Å². The molecule has 2 heterocycles. The minimum Gasteiger partial charge on any atom is -0.352 e. The van der Waals surface area contributed by atoms with Crippen LogP contribution in [0.4, 0.5) is 0 Å². The zero-order chi connectivity index (χ0) is 24.8. The zero-order valence-electron chi connectivity index (χ0n) is 19.9. The Morgan fingerprint density at radius 3 is 2.11 bits per heavy atom. The number of sulfonamides is 1. The van der Waals surface area contributed by atoms with Crippen LogP contribution in [0.1, 0.15) is 48.8 Å². The van der Waals surface area contributed by atoms with Crippen molar-refractivity contribution in [2.45, 2.75) is 50.9 Å². The van der Waals surface area contributed by atoms with Gasteiger partial charge in [-0.2, -0.15) is 0 Å². The van der Waals surface area contributed by atoms with E-state index < -0.39 is 10.0 Å². The average Bonchev–Trinajstić information content (AvgIpc) is 2.86. The van der Waals surface area contributed by atoms with Crippen LogP contribution in [-0.4, -0.2) is 49.7 Å². The Kier molecular flexibility index (Phi) is 9.11. The van der Waals surface area contributed by atoms with E-state index in [4.69, 9.17) is 23.2 Å². The molecule has 35 heavy (non-hydrogen) atoms. The summed E-state index contributed by atoms with van der Waals surface area (Å²) in [5.41, 5.74) is 2.78. The number of hydrogen-bond donors (Lipinski definition) is 1. The highest BCUT2D eigenvalue weighted by molar-refractivity contribution is 7.88. The molecule has 2 aromatic carbocycles. The minimum absolute atomic E-state index is 0.0198. The van der Waals surface area contributed by atoms with Gasteiger partial charge in [0.1, 0.15) is 0 Å². The van der Waals surface area contributed by atoms with Gasteiger partial charge in [-0.25, -0.2) is 12.7 Å². The summed E-state index contributed by atoms with van der Waals surface area (Å²) >= 11 is 12.3. The lowest BCUT2D eigenvalue weighted by Gasteiger charge is -2.30. The van der Waals surface area contributed by atoms with E-state index in [1.807, 2.05) is 0 Å². The van der Waals surface area contributed by atoms with Gasteiger partial charge in [-0.05, 0) is 62.0 Å².